The Hall–Kier alpha value is -1.88. The minimum Gasteiger partial charge on any atom is -0.313 e. The molecule has 0 spiro atoms. The van der Waals surface area contributed by atoms with E-state index in [0.29, 0.717) is 12.1 Å². The van der Waals surface area contributed by atoms with Gasteiger partial charge in [0.05, 0.1) is 5.56 Å². The summed E-state index contributed by atoms with van der Waals surface area (Å²) >= 11 is 0. The molecule has 0 aliphatic heterocycles. The number of halogens is 3. The van der Waals surface area contributed by atoms with Crippen molar-refractivity contribution in [2.45, 2.75) is 19.6 Å². The van der Waals surface area contributed by atoms with E-state index < -0.39 is 11.7 Å². The topological polar surface area (TPSA) is 24.9 Å². The maximum Gasteiger partial charge on any atom is 0.417 e. The van der Waals surface area contributed by atoms with E-state index in [-0.39, 0.29) is 5.56 Å². The van der Waals surface area contributed by atoms with E-state index >= 15 is 0 Å². The molecule has 0 unspecified atom stereocenters. The fourth-order valence-corrected chi connectivity index (χ4v) is 1.98. The van der Waals surface area contributed by atoms with Gasteiger partial charge < -0.3 is 5.32 Å². The fourth-order valence-electron chi connectivity index (χ4n) is 1.98. The van der Waals surface area contributed by atoms with Crippen molar-refractivity contribution in [3.05, 3.63) is 53.9 Å². The molecule has 0 bridgehead atoms. The summed E-state index contributed by atoms with van der Waals surface area (Å²) in [5.41, 5.74) is 0.864. The largest absolute Gasteiger partial charge is 0.417 e. The van der Waals surface area contributed by atoms with Gasteiger partial charge in [-0.1, -0.05) is 25.1 Å². The monoisotopic (exact) mass is 280 g/mol. The van der Waals surface area contributed by atoms with Crippen LogP contribution >= 0.6 is 0 Å². The smallest absolute Gasteiger partial charge is 0.313 e. The van der Waals surface area contributed by atoms with Crippen LogP contribution in [0, 0.1) is 0 Å². The Kier molecular flexibility index (Phi) is 4.39. The minimum absolute atomic E-state index is 0.158. The summed E-state index contributed by atoms with van der Waals surface area (Å²) in [6, 6.07) is 7.28. The summed E-state index contributed by atoms with van der Waals surface area (Å²) in [6.07, 6.45) is -1.25. The van der Waals surface area contributed by atoms with Crippen molar-refractivity contribution in [2.75, 3.05) is 6.54 Å². The van der Waals surface area contributed by atoms with Crippen molar-refractivity contribution in [1.82, 2.24) is 10.3 Å². The summed E-state index contributed by atoms with van der Waals surface area (Å²) < 4.78 is 39.0. The lowest BCUT2D eigenvalue weighted by Gasteiger charge is -2.13. The van der Waals surface area contributed by atoms with Gasteiger partial charge in [0.2, 0.25) is 0 Å². The molecule has 106 valence electrons. The van der Waals surface area contributed by atoms with Crippen LogP contribution in [0.5, 0.6) is 0 Å². The molecule has 0 saturated heterocycles. The molecule has 0 aliphatic rings. The first-order valence-electron chi connectivity index (χ1n) is 6.33. The van der Waals surface area contributed by atoms with Gasteiger partial charge in [0.15, 0.2) is 0 Å². The summed E-state index contributed by atoms with van der Waals surface area (Å²) in [6.45, 7) is 3.35. The molecule has 1 aromatic heterocycles. The first-order valence-corrected chi connectivity index (χ1v) is 6.33. The SMILES string of the molecule is CCNCc1cncc(-c2ccccc2C(F)(F)F)c1. The van der Waals surface area contributed by atoms with Crippen LogP contribution in [0.2, 0.25) is 0 Å². The molecule has 2 nitrogen and oxygen atoms in total. The number of aromatic nitrogens is 1. The van der Waals surface area contributed by atoms with Crippen LogP contribution in [-0.4, -0.2) is 11.5 Å². The molecular formula is C15H15F3N2. The quantitative estimate of drug-likeness (QED) is 0.919. The average molecular weight is 280 g/mol. The first-order chi connectivity index (χ1) is 9.52. The Morgan fingerprint density at radius 2 is 1.90 bits per heavy atom. The zero-order chi connectivity index (χ0) is 14.6. The molecule has 1 N–H and O–H groups in total. The van der Waals surface area contributed by atoms with Gasteiger partial charge in [-0.2, -0.15) is 13.2 Å². The standard InChI is InChI=1S/C15H15F3N2/c1-2-19-8-11-7-12(10-20-9-11)13-5-3-4-6-14(13)15(16,17)18/h3-7,9-10,19H,2,8H2,1H3. The van der Waals surface area contributed by atoms with E-state index in [1.165, 1.54) is 18.3 Å². The van der Waals surface area contributed by atoms with E-state index in [1.54, 1.807) is 18.3 Å². The molecule has 20 heavy (non-hydrogen) atoms. The van der Waals surface area contributed by atoms with E-state index in [0.717, 1.165) is 18.2 Å². The Morgan fingerprint density at radius 3 is 2.60 bits per heavy atom. The fraction of sp³-hybridized carbons (Fsp3) is 0.267. The highest BCUT2D eigenvalue weighted by molar-refractivity contribution is 5.67. The normalized spacial score (nSPS) is 11.6. The molecule has 2 aromatic rings. The third-order valence-electron chi connectivity index (χ3n) is 2.92. The highest BCUT2D eigenvalue weighted by Crippen LogP contribution is 2.36. The lowest BCUT2D eigenvalue weighted by atomic mass is 10.00. The zero-order valence-corrected chi connectivity index (χ0v) is 11.0. The van der Waals surface area contributed by atoms with Gasteiger partial charge in [-0.05, 0) is 29.8 Å². The Morgan fingerprint density at radius 1 is 1.15 bits per heavy atom. The van der Waals surface area contributed by atoms with Crippen LogP contribution in [0.4, 0.5) is 13.2 Å². The molecule has 0 aliphatic carbocycles. The molecule has 0 radical (unpaired) electrons. The molecule has 0 fully saturated rings. The van der Waals surface area contributed by atoms with Crippen molar-refractivity contribution in [3.63, 3.8) is 0 Å². The Balaban J connectivity index is 2.42. The first kappa shape index (κ1) is 14.5. The van der Waals surface area contributed by atoms with Gasteiger partial charge in [-0.15, -0.1) is 0 Å². The second kappa shape index (κ2) is 6.05. The van der Waals surface area contributed by atoms with Crippen LogP contribution in [-0.2, 0) is 12.7 Å². The van der Waals surface area contributed by atoms with E-state index in [4.69, 9.17) is 0 Å². The summed E-state index contributed by atoms with van der Waals surface area (Å²) in [4.78, 5) is 4.03. The molecule has 0 atom stereocenters. The number of alkyl halides is 3. The molecule has 2 rings (SSSR count). The third-order valence-corrected chi connectivity index (χ3v) is 2.92. The van der Waals surface area contributed by atoms with Crippen molar-refractivity contribution in [1.29, 1.82) is 0 Å². The maximum absolute atomic E-state index is 13.0. The van der Waals surface area contributed by atoms with E-state index in [1.807, 2.05) is 6.92 Å². The summed E-state index contributed by atoms with van der Waals surface area (Å²) in [5.74, 6) is 0. The van der Waals surface area contributed by atoms with E-state index in [2.05, 4.69) is 10.3 Å². The number of benzene rings is 1. The molecule has 5 heteroatoms. The van der Waals surface area contributed by atoms with Crippen molar-refractivity contribution in [3.8, 4) is 11.1 Å². The highest BCUT2D eigenvalue weighted by atomic mass is 19.4. The lowest BCUT2D eigenvalue weighted by Crippen LogP contribution is -2.12. The second-order valence-electron chi connectivity index (χ2n) is 4.41. The lowest BCUT2D eigenvalue weighted by molar-refractivity contribution is -0.137. The highest BCUT2D eigenvalue weighted by Gasteiger charge is 2.33. The van der Waals surface area contributed by atoms with Crippen molar-refractivity contribution < 1.29 is 13.2 Å². The van der Waals surface area contributed by atoms with Crippen LogP contribution in [0.25, 0.3) is 11.1 Å². The predicted octanol–water partition coefficient (Wildman–Crippen LogP) is 3.88. The van der Waals surface area contributed by atoms with E-state index in [9.17, 15) is 13.2 Å². The van der Waals surface area contributed by atoms with Crippen molar-refractivity contribution in [2.24, 2.45) is 0 Å². The minimum atomic E-state index is -4.37. The van der Waals surface area contributed by atoms with Crippen LogP contribution in [0.15, 0.2) is 42.7 Å². The zero-order valence-electron chi connectivity index (χ0n) is 11.0. The molecule has 0 saturated carbocycles. The van der Waals surface area contributed by atoms with Gasteiger partial charge >= 0.3 is 6.18 Å². The number of pyridine rings is 1. The number of rotatable bonds is 4. The van der Waals surface area contributed by atoms with Crippen molar-refractivity contribution >= 4 is 0 Å². The molecule has 0 amide bonds. The molecular weight excluding hydrogens is 265 g/mol. The van der Waals surface area contributed by atoms with Gasteiger partial charge in [-0.25, -0.2) is 0 Å². The molecule has 1 aromatic carbocycles. The summed E-state index contributed by atoms with van der Waals surface area (Å²) in [5, 5.41) is 3.13. The van der Waals surface area contributed by atoms with Crippen LogP contribution < -0.4 is 5.32 Å². The Labute approximate surface area is 115 Å². The molecule has 1 heterocycles. The summed E-state index contributed by atoms with van der Waals surface area (Å²) in [7, 11) is 0. The second-order valence-corrected chi connectivity index (χ2v) is 4.41. The van der Waals surface area contributed by atoms with Gasteiger partial charge in [-0.3, -0.25) is 4.98 Å². The Bertz CT molecular complexity index is 579. The van der Waals surface area contributed by atoms with Gasteiger partial charge in [0.1, 0.15) is 0 Å². The van der Waals surface area contributed by atoms with Gasteiger partial charge in [0.25, 0.3) is 0 Å². The van der Waals surface area contributed by atoms with Crippen LogP contribution in [0.3, 0.4) is 0 Å². The number of nitrogens with one attached hydrogen (secondary N) is 1. The average Bonchev–Trinajstić information content (AvgIpc) is 2.44. The number of hydrogen-bond acceptors (Lipinski definition) is 2. The van der Waals surface area contributed by atoms with Crippen LogP contribution in [0.1, 0.15) is 18.1 Å². The predicted molar refractivity (Wildman–Crippen MR) is 72.1 cm³/mol. The number of hydrogen-bond donors (Lipinski definition) is 1. The van der Waals surface area contributed by atoms with Gasteiger partial charge in [0, 0.05) is 24.5 Å². The number of nitrogens with zero attached hydrogens (tertiary/aromatic N) is 1. The maximum atomic E-state index is 13.0. The third kappa shape index (κ3) is 3.36.